The standard InChI is InChI=1S/C18H16FN3O2/c1-22(11-12-5-4-6-13(19)9-12)17(23)10-16-14-7-2-3-8-15(14)18(24)21-20-16/h2-9H,10-11H2,1H3,(H,21,24). The smallest absolute Gasteiger partial charge is 0.272 e. The monoisotopic (exact) mass is 325 g/mol. The van der Waals surface area contributed by atoms with E-state index in [9.17, 15) is 14.0 Å². The number of aromatic nitrogens is 2. The summed E-state index contributed by atoms with van der Waals surface area (Å²) in [5.74, 6) is -0.495. The van der Waals surface area contributed by atoms with E-state index < -0.39 is 0 Å². The van der Waals surface area contributed by atoms with Gasteiger partial charge in [-0.3, -0.25) is 9.59 Å². The lowest BCUT2D eigenvalue weighted by atomic mass is 10.1. The Labute approximate surface area is 137 Å². The Hall–Kier alpha value is -3.02. The highest BCUT2D eigenvalue weighted by Gasteiger charge is 2.14. The van der Waals surface area contributed by atoms with Crippen molar-refractivity contribution >= 4 is 16.7 Å². The predicted octanol–water partition coefficient (Wildman–Crippen LogP) is 2.26. The molecule has 1 heterocycles. The number of aromatic amines is 1. The molecule has 0 radical (unpaired) electrons. The molecule has 0 spiro atoms. The first-order valence-corrected chi connectivity index (χ1v) is 7.49. The summed E-state index contributed by atoms with van der Waals surface area (Å²) in [6.45, 7) is 0.303. The number of benzene rings is 2. The Morgan fingerprint density at radius 2 is 1.92 bits per heavy atom. The van der Waals surface area contributed by atoms with Crippen LogP contribution in [0.3, 0.4) is 0 Å². The average Bonchev–Trinajstić information content (AvgIpc) is 2.57. The molecule has 0 fully saturated rings. The maximum atomic E-state index is 13.2. The van der Waals surface area contributed by atoms with Crippen molar-refractivity contribution in [2.45, 2.75) is 13.0 Å². The van der Waals surface area contributed by atoms with Gasteiger partial charge in [0.15, 0.2) is 0 Å². The number of amides is 1. The Bertz CT molecular complexity index is 952. The summed E-state index contributed by atoms with van der Waals surface area (Å²) < 4.78 is 13.2. The maximum Gasteiger partial charge on any atom is 0.272 e. The molecule has 122 valence electrons. The van der Waals surface area contributed by atoms with Gasteiger partial charge < -0.3 is 4.90 Å². The Morgan fingerprint density at radius 1 is 1.17 bits per heavy atom. The van der Waals surface area contributed by atoms with Crippen LogP contribution in [0.15, 0.2) is 53.3 Å². The van der Waals surface area contributed by atoms with Crippen LogP contribution in [0.25, 0.3) is 10.8 Å². The number of nitrogens with zero attached hydrogens (tertiary/aromatic N) is 2. The van der Waals surface area contributed by atoms with Gasteiger partial charge in [0, 0.05) is 19.0 Å². The van der Waals surface area contributed by atoms with E-state index in [1.807, 2.05) is 0 Å². The third-order valence-electron chi connectivity index (χ3n) is 3.83. The van der Waals surface area contributed by atoms with Gasteiger partial charge in [0.05, 0.1) is 17.5 Å². The second kappa shape index (κ2) is 6.62. The van der Waals surface area contributed by atoms with Gasteiger partial charge in [-0.15, -0.1) is 0 Å². The zero-order valence-electron chi connectivity index (χ0n) is 13.1. The fraction of sp³-hybridized carbons (Fsp3) is 0.167. The van der Waals surface area contributed by atoms with Crippen LogP contribution in [-0.2, 0) is 17.8 Å². The first-order valence-electron chi connectivity index (χ1n) is 7.49. The third-order valence-corrected chi connectivity index (χ3v) is 3.83. The van der Waals surface area contributed by atoms with E-state index in [1.54, 1.807) is 43.4 Å². The van der Waals surface area contributed by atoms with Crippen LogP contribution in [0.1, 0.15) is 11.3 Å². The van der Waals surface area contributed by atoms with Crippen LogP contribution >= 0.6 is 0 Å². The van der Waals surface area contributed by atoms with E-state index in [0.29, 0.717) is 28.6 Å². The second-order valence-electron chi connectivity index (χ2n) is 5.60. The third kappa shape index (κ3) is 3.32. The maximum absolute atomic E-state index is 13.2. The molecular weight excluding hydrogens is 309 g/mol. The lowest BCUT2D eigenvalue weighted by Crippen LogP contribution is -2.28. The molecule has 1 amide bonds. The molecule has 0 saturated carbocycles. The van der Waals surface area contributed by atoms with Crippen molar-refractivity contribution in [1.82, 2.24) is 15.1 Å². The molecule has 0 unspecified atom stereocenters. The molecule has 1 aromatic heterocycles. The van der Waals surface area contributed by atoms with Crippen LogP contribution in [0.5, 0.6) is 0 Å². The number of nitrogens with one attached hydrogen (secondary N) is 1. The van der Waals surface area contributed by atoms with Crippen LogP contribution in [0, 0.1) is 5.82 Å². The highest BCUT2D eigenvalue weighted by molar-refractivity contribution is 5.88. The van der Waals surface area contributed by atoms with Crippen molar-refractivity contribution in [3.63, 3.8) is 0 Å². The number of carbonyl (C=O) groups excluding carboxylic acids is 1. The number of hydrogen-bond donors (Lipinski definition) is 1. The summed E-state index contributed by atoms with van der Waals surface area (Å²) in [6.07, 6.45) is 0.0586. The van der Waals surface area contributed by atoms with Gasteiger partial charge in [-0.1, -0.05) is 30.3 Å². The van der Waals surface area contributed by atoms with Gasteiger partial charge in [0.25, 0.3) is 5.56 Å². The topological polar surface area (TPSA) is 66.1 Å². The molecule has 6 heteroatoms. The van der Waals surface area contributed by atoms with Gasteiger partial charge in [-0.05, 0) is 23.8 Å². The molecule has 0 bridgehead atoms. The summed E-state index contributed by atoms with van der Waals surface area (Å²) in [4.78, 5) is 25.7. The summed E-state index contributed by atoms with van der Waals surface area (Å²) in [5.41, 5.74) is 0.946. The molecule has 24 heavy (non-hydrogen) atoms. The number of rotatable bonds is 4. The van der Waals surface area contributed by atoms with Crippen LogP contribution < -0.4 is 5.56 Å². The Morgan fingerprint density at radius 3 is 2.67 bits per heavy atom. The zero-order valence-corrected chi connectivity index (χ0v) is 13.1. The van der Waals surface area contributed by atoms with E-state index in [4.69, 9.17) is 0 Å². The van der Waals surface area contributed by atoms with Crippen LogP contribution in [0.4, 0.5) is 4.39 Å². The largest absolute Gasteiger partial charge is 0.341 e. The van der Waals surface area contributed by atoms with Crippen LogP contribution in [-0.4, -0.2) is 28.1 Å². The van der Waals surface area contributed by atoms with E-state index in [-0.39, 0.29) is 23.7 Å². The minimum Gasteiger partial charge on any atom is -0.341 e. The minimum absolute atomic E-state index is 0.0586. The van der Waals surface area contributed by atoms with E-state index in [2.05, 4.69) is 10.2 Å². The molecule has 0 aliphatic carbocycles. The SMILES string of the molecule is CN(Cc1cccc(F)c1)C(=O)Cc1n[nH]c(=O)c2ccccc12. The first-order chi connectivity index (χ1) is 11.5. The molecule has 0 saturated heterocycles. The summed E-state index contributed by atoms with van der Waals surface area (Å²) in [6, 6.07) is 13.2. The zero-order chi connectivity index (χ0) is 17.1. The summed E-state index contributed by atoms with van der Waals surface area (Å²) in [5, 5.41) is 7.59. The lowest BCUT2D eigenvalue weighted by molar-refractivity contribution is -0.129. The van der Waals surface area contributed by atoms with Crippen molar-refractivity contribution in [1.29, 1.82) is 0 Å². The summed E-state index contributed by atoms with van der Waals surface area (Å²) >= 11 is 0. The first kappa shape index (κ1) is 15.9. The Kier molecular flexibility index (Phi) is 4.37. The number of halogens is 1. The van der Waals surface area contributed by atoms with Crippen molar-refractivity contribution in [3.8, 4) is 0 Å². The van der Waals surface area contributed by atoms with Gasteiger partial charge in [0.2, 0.25) is 5.91 Å². The number of fused-ring (bicyclic) bond motifs is 1. The molecule has 5 nitrogen and oxygen atoms in total. The highest BCUT2D eigenvalue weighted by Crippen LogP contribution is 2.14. The van der Waals surface area contributed by atoms with Crippen molar-refractivity contribution in [3.05, 3.63) is 76.0 Å². The molecule has 0 aliphatic heterocycles. The summed E-state index contributed by atoms with van der Waals surface area (Å²) in [7, 11) is 1.65. The molecule has 2 aromatic carbocycles. The van der Waals surface area contributed by atoms with Crippen molar-refractivity contribution in [2.24, 2.45) is 0 Å². The normalized spacial score (nSPS) is 10.8. The average molecular weight is 325 g/mol. The van der Waals surface area contributed by atoms with E-state index in [1.165, 1.54) is 17.0 Å². The van der Waals surface area contributed by atoms with Crippen molar-refractivity contribution in [2.75, 3.05) is 7.05 Å². The van der Waals surface area contributed by atoms with Crippen molar-refractivity contribution < 1.29 is 9.18 Å². The predicted molar refractivity (Wildman–Crippen MR) is 88.9 cm³/mol. The van der Waals surface area contributed by atoms with Gasteiger partial charge in [-0.25, -0.2) is 9.49 Å². The molecule has 3 rings (SSSR count). The number of H-pyrrole nitrogens is 1. The fourth-order valence-electron chi connectivity index (χ4n) is 2.58. The van der Waals surface area contributed by atoms with E-state index >= 15 is 0 Å². The second-order valence-corrected chi connectivity index (χ2v) is 5.60. The highest BCUT2D eigenvalue weighted by atomic mass is 19.1. The molecule has 0 aliphatic rings. The molecular formula is C18H16FN3O2. The molecule has 3 aromatic rings. The fourth-order valence-corrected chi connectivity index (χ4v) is 2.58. The Balaban J connectivity index is 1.80. The minimum atomic E-state index is -0.332. The van der Waals surface area contributed by atoms with Crippen LogP contribution in [0.2, 0.25) is 0 Å². The number of likely N-dealkylation sites (N-methyl/N-ethyl adjacent to an activating group) is 1. The number of carbonyl (C=O) groups is 1. The molecule has 0 atom stereocenters. The number of hydrogen-bond acceptors (Lipinski definition) is 3. The van der Waals surface area contributed by atoms with Gasteiger partial charge in [-0.2, -0.15) is 5.10 Å². The van der Waals surface area contributed by atoms with E-state index in [0.717, 1.165) is 0 Å². The molecule has 1 N–H and O–H groups in total. The van der Waals surface area contributed by atoms with Gasteiger partial charge in [0.1, 0.15) is 5.82 Å². The quantitative estimate of drug-likeness (QED) is 0.800. The van der Waals surface area contributed by atoms with Gasteiger partial charge >= 0.3 is 0 Å². The lowest BCUT2D eigenvalue weighted by Gasteiger charge is -2.17.